The molecule has 110 valence electrons. The highest BCUT2D eigenvalue weighted by Crippen LogP contribution is 2.17. The summed E-state index contributed by atoms with van der Waals surface area (Å²) in [5, 5.41) is 8.62. The SMILES string of the molecule is O=C(O)CCc1ccc(S(=O)(=O)Cc2ccncc2)cc1. The third-order valence-electron chi connectivity index (χ3n) is 3.02. The number of hydrogen-bond acceptors (Lipinski definition) is 4. The fourth-order valence-electron chi connectivity index (χ4n) is 1.90. The topological polar surface area (TPSA) is 84.3 Å². The van der Waals surface area contributed by atoms with Crippen LogP contribution in [0.25, 0.3) is 0 Å². The van der Waals surface area contributed by atoms with Crippen molar-refractivity contribution in [1.82, 2.24) is 4.98 Å². The number of nitrogens with zero attached hydrogens (tertiary/aromatic N) is 1. The molecular formula is C15H15NO4S. The number of sulfone groups is 1. The van der Waals surface area contributed by atoms with E-state index >= 15 is 0 Å². The molecule has 0 atom stereocenters. The summed E-state index contributed by atoms with van der Waals surface area (Å²) in [6, 6.07) is 9.68. The van der Waals surface area contributed by atoms with E-state index in [1.54, 1.807) is 36.7 Å². The van der Waals surface area contributed by atoms with Gasteiger partial charge in [0.15, 0.2) is 9.84 Å². The largest absolute Gasteiger partial charge is 0.481 e. The number of aliphatic carboxylic acids is 1. The number of hydrogen-bond donors (Lipinski definition) is 1. The molecule has 0 radical (unpaired) electrons. The highest BCUT2D eigenvalue weighted by molar-refractivity contribution is 7.90. The normalized spacial score (nSPS) is 11.2. The van der Waals surface area contributed by atoms with E-state index in [4.69, 9.17) is 5.11 Å². The zero-order valence-corrected chi connectivity index (χ0v) is 12.1. The summed E-state index contributed by atoms with van der Waals surface area (Å²) in [6.45, 7) is 0. The molecule has 0 saturated heterocycles. The quantitative estimate of drug-likeness (QED) is 0.883. The van der Waals surface area contributed by atoms with Crippen LogP contribution in [0.5, 0.6) is 0 Å². The van der Waals surface area contributed by atoms with Crippen molar-refractivity contribution in [3.63, 3.8) is 0 Å². The van der Waals surface area contributed by atoms with Crippen molar-refractivity contribution in [3.8, 4) is 0 Å². The number of carbonyl (C=O) groups is 1. The second-order valence-corrected chi connectivity index (χ2v) is 6.64. The van der Waals surface area contributed by atoms with Gasteiger partial charge in [-0.15, -0.1) is 0 Å². The van der Waals surface area contributed by atoms with Crippen molar-refractivity contribution in [2.24, 2.45) is 0 Å². The van der Waals surface area contributed by atoms with Crippen molar-refractivity contribution in [2.45, 2.75) is 23.5 Å². The molecule has 0 amide bonds. The van der Waals surface area contributed by atoms with Crippen molar-refractivity contribution in [1.29, 1.82) is 0 Å². The van der Waals surface area contributed by atoms with E-state index in [9.17, 15) is 13.2 Å². The molecule has 0 aliphatic rings. The van der Waals surface area contributed by atoms with Crippen molar-refractivity contribution in [3.05, 3.63) is 59.9 Å². The van der Waals surface area contributed by atoms with Crippen LogP contribution in [0.1, 0.15) is 17.5 Å². The molecule has 0 aliphatic heterocycles. The first-order valence-corrected chi connectivity index (χ1v) is 8.05. The molecule has 2 rings (SSSR count). The lowest BCUT2D eigenvalue weighted by Gasteiger charge is -2.06. The van der Waals surface area contributed by atoms with Gasteiger partial charge in [-0.3, -0.25) is 9.78 Å². The maximum absolute atomic E-state index is 12.3. The Balaban J connectivity index is 2.12. The number of aromatic nitrogens is 1. The number of aryl methyl sites for hydroxylation is 1. The average Bonchev–Trinajstić information content (AvgIpc) is 2.46. The fourth-order valence-corrected chi connectivity index (χ4v) is 3.25. The smallest absolute Gasteiger partial charge is 0.303 e. The Labute approximate surface area is 123 Å². The highest BCUT2D eigenvalue weighted by Gasteiger charge is 2.15. The molecule has 5 nitrogen and oxygen atoms in total. The van der Waals surface area contributed by atoms with Crippen LogP contribution in [0.15, 0.2) is 53.7 Å². The van der Waals surface area contributed by atoms with Crippen molar-refractivity contribution < 1.29 is 18.3 Å². The van der Waals surface area contributed by atoms with Gasteiger partial charge in [0, 0.05) is 18.8 Å². The standard InChI is InChI=1S/C15H15NO4S/c17-15(18)6-3-12-1-4-14(5-2-12)21(19,20)11-13-7-9-16-10-8-13/h1-2,4-5,7-10H,3,6,11H2,(H,17,18). The van der Waals surface area contributed by atoms with Crippen LogP contribution in [0.4, 0.5) is 0 Å². The van der Waals surface area contributed by atoms with Crippen molar-refractivity contribution in [2.75, 3.05) is 0 Å². The molecule has 6 heteroatoms. The van der Waals surface area contributed by atoms with Gasteiger partial charge in [-0.05, 0) is 41.8 Å². The lowest BCUT2D eigenvalue weighted by atomic mass is 10.1. The van der Waals surface area contributed by atoms with Gasteiger partial charge >= 0.3 is 5.97 Å². The Hall–Kier alpha value is -2.21. The number of rotatable bonds is 6. The van der Waals surface area contributed by atoms with E-state index in [0.717, 1.165) is 5.56 Å². The van der Waals surface area contributed by atoms with Crippen LogP contribution >= 0.6 is 0 Å². The zero-order chi connectivity index (χ0) is 15.3. The molecule has 0 unspecified atom stereocenters. The summed E-state index contributed by atoms with van der Waals surface area (Å²) < 4.78 is 24.5. The summed E-state index contributed by atoms with van der Waals surface area (Å²) in [7, 11) is -3.41. The van der Waals surface area contributed by atoms with Gasteiger partial charge in [-0.25, -0.2) is 8.42 Å². The minimum atomic E-state index is -3.41. The summed E-state index contributed by atoms with van der Waals surface area (Å²) >= 11 is 0. The fraction of sp³-hybridized carbons (Fsp3) is 0.200. The Bertz CT molecular complexity index is 709. The van der Waals surface area contributed by atoms with Gasteiger partial charge in [-0.1, -0.05) is 12.1 Å². The molecule has 0 fully saturated rings. The van der Waals surface area contributed by atoms with Crippen LogP contribution < -0.4 is 0 Å². The van der Waals surface area contributed by atoms with Crippen LogP contribution in [-0.2, 0) is 26.8 Å². The van der Waals surface area contributed by atoms with Crippen LogP contribution in [0.3, 0.4) is 0 Å². The average molecular weight is 305 g/mol. The Kier molecular flexibility index (Phi) is 4.70. The number of carboxylic acids is 1. The van der Waals surface area contributed by atoms with Gasteiger partial charge in [0.05, 0.1) is 10.6 Å². The van der Waals surface area contributed by atoms with Gasteiger partial charge in [0.1, 0.15) is 0 Å². The van der Waals surface area contributed by atoms with E-state index < -0.39 is 15.8 Å². The Morgan fingerprint density at radius 2 is 1.62 bits per heavy atom. The molecule has 0 bridgehead atoms. The van der Waals surface area contributed by atoms with Crippen molar-refractivity contribution >= 4 is 15.8 Å². The molecule has 1 aromatic carbocycles. The lowest BCUT2D eigenvalue weighted by molar-refractivity contribution is -0.136. The number of carboxylic acid groups (broad SMARTS) is 1. The van der Waals surface area contributed by atoms with Crippen LogP contribution in [0, 0.1) is 0 Å². The molecule has 1 aromatic heterocycles. The zero-order valence-electron chi connectivity index (χ0n) is 11.3. The predicted molar refractivity (Wildman–Crippen MR) is 77.5 cm³/mol. The second kappa shape index (κ2) is 6.49. The number of benzene rings is 1. The van der Waals surface area contributed by atoms with Crippen LogP contribution in [0.2, 0.25) is 0 Å². The van der Waals surface area contributed by atoms with Crippen LogP contribution in [-0.4, -0.2) is 24.5 Å². The molecular weight excluding hydrogens is 290 g/mol. The minimum Gasteiger partial charge on any atom is -0.481 e. The Morgan fingerprint density at radius 1 is 1.00 bits per heavy atom. The summed E-state index contributed by atoms with van der Waals surface area (Å²) in [5.41, 5.74) is 1.49. The third kappa shape index (κ3) is 4.39. The van der Waals surface area contributed by atoms with E-state index in [0.29, 0.717) is 12.0 Å². The van der Waals surface area contributed by atoms with E-state index in [2.05, 4.69) is 4.98 Å². The number of pyridine rings is 1. The molecule has 0 spiro atoms. The maximum Gasteiger partial charge on any atom is 0.303 e. The molecule has 0 saturated carbocycles. The molecule has 1 N–H and O–H groups in total. The van der Waals surface area contributed by atoms with Gasteiger partial charge in [0.2, 0.25) is 0 Å². The molecule has 0 aliphatic carbocycles. The first-order chi connectivity index (χ1) is 9.97. The second-order valence-electron chi connectivity index (χ2n) is 4.65. The monoisotopic (exact) mass is 305 g/mol. The summed E-state index contributed by atoms with van der Waals surface area (Å²) in [5.74, 6) is -0.950. The van der Waals surface area contributed by atoms with E-state index in [-0.39, 0.29) is 17.1 Å². The van der Waals surface area contributed by atoms with E-state index in [1.807, 2.05) is 0 Å². The van der Waals surface area contributed by atoms with E-state index in [1.165, 1.54) is 12.1 Å². The first-order valence-electron chi connectivity index (χ1n) is 6.40. The summed E-state index contributed by atoms with van der Waals surface area (Å²) in [6.07, 6.45) is 3.53. The molecule has 1 heterocycles. The predicted octanol–water partition coefficient (Wildman–Crippen LogP) is 2.07. The van der Waals surface area contributed by atoms with Gasteiger partial charge in [0.25, 0.3) is 0 Å². The minimum absolute atomic E-state index is 0.0309. The van der Waals surface area contributed by atoms with Gasteiger partial charge in [-0.2, -0.15) is 0 Å². The maximum atomic E-state index is 12.3. The highest BCUT2D eigenvalue weighted by atomic mass is 32.2. The molecule has 2 aromatic rings. The Morgan fingerprint density at radius 3 is 2.19 bits per heavy atom. The first kappa shape index (κ1) is 15.2. The lowest BCUT2D eigenvalue weighted by Crippen LogP contribution is -2.05. The summed E-state index contributed by atoms with van der Waals surface area (Å²) in [4.78, 5) is 14.6. The van der Waals surface area contributed by atoms with Gasteiger partial charge < -0.3 is 5.11 Å². The molecule has 21 heavy (non-hydrogen) atoms. The third-order valence-corrected chi connectivity index (χ3v) is 4.72.